The third-order valence-electron chi connectivity index (χ3n) is 5.62. The summed E-state index contributed by atoms with van der Waals surface area (Å²) in [6.07, 6.45) is 0.260. The van der Waals surface area contributed by atoms with Gasteiger partial charge in [0.25, 0.3) is 0 Å². The van der Waals surface area contributed by atoms with Crippen LogP contribution < -0.4 is 0 Å². The topological polar surface area (TPSA) is 77.8 Å². The van der Waals surface area contributed by atoms with Gasteiger partial charge in [0.15, 0.2) is 5.78 Å². The largest absolute Gasteiger partial charge is 0.481 e. The number of carbonyl (C=O) groups excluding carboxylic acids is 1. The molecule has 2 fully saturated rings. The van der Waals surface area contributed by atoms with Crippen LogP contribution in [0.1, 0.15) is 30.1 Å². The highest BCUT2D eigenvalue weighted by Crippen LogP contribution is 2.50. The van der Waals surface area contributed by atoms with Crippen LogP contribution in [0.5, 0.6) is 0 Å². The average Bonchev–Trinajstić information content (AvgIpc) is 2.82. The van der Waals surface area contributed by atoms with Crippen molar-refractivity contribution in [3.63, 3.8) is 0 Å². The number of fused-ring (bicyclic) bond motifs is 2. The number of aliphatic hydroxyl groups excluding tert-OH is 1. The lowest BCUT2D eigenvalue weighted by molar-refractivity contribution is -0.160. The van der Waals surface area contributed by atoms with Crippen LogP contribution in [0, 0.1) is 11.3 Å². The summed E-state index contributed by atoms with van der Waals surface area (Å²) in [6.45, 7) is 1.71. The van der Waals surface area contributed by atoms with Crippen molar-refractivity contribution < 1.29 is 19.8 Å². The molecule has 1 aromatic carbocycles. The quantitative estimate of drug-likeness (QED) is 0.826. The standard InChI is InChI=1S/C17H21NO4/c1-17(14(19)10-6-4-3-5-7-10)12-9-8-11(18(12)2)13(15(17)20)16(21)22/h3-7,11-13,15,20H,8-9H2,1-2H3,(H,21,22)/t11-,12+,13-,15-,17?/m1/s1. The molecule has 3 rings (SSSR count). The summed E-state index contributed by atoms with van der Waals surface area (Å²) in [4.78, 5) is 26.7. The summed E-state index contributed by atoms with van der Waals surface area (Å²) in [5, 5.41) is 20.3. The summed E-state index contributed by atoms with van der Waals surface area (Å²) in [5.74, 6) is -2.14. The number of aliphatic carboxylic acids is 1. The number of carboxylic acids is 1. The zero-order valence-electron chi connectivity index (χ0n) is 12.8. The van der Waals surface area contributed by atoms with E-state index in [1.54, 1.807) is 31.2 Å². The van der Waals surface area contributed by atoms with Gasteiger partial charge in [-0.15, -0.1) is 0 Å². The molecule has 2 heterocycles. The van der Waals surface area contributed by atoms with Gasteiger partial charge in [0, 0.05) is 17.6 Å². The molecule has 2 aliphatic heterocycles. The zero-order chi connectivity index (χ0) is 16.1. The molecule has 5 heteroatoms. The number of benzene rings is 1. The summed E-state index contributed by atoms with van der Waals surface area (Å²) in [5.41, 5.74) is -0.585. The molecule has 0 saturated carbocycles. The summed E-state index contributed by atoms with van der Waals surface area (Å²) < 4.78 is 0. The van der Waals surface area contributed by atoms with Crippen molar-refractivity contribution in [2.75, 3.05) is 7.05 Å². The molecule has 0 aliphatic carbocycles. The molecule has 5 nitrogen and oxygen atoms in total. The van der Waals surface area contributed by atoms with Crippen molar-refractivity contribution in [2.45, 2.75) is 38.0 Å². The molecule has 22 heavy (non-hydrogen) atoms. The van der Waals surface area contributed by atoms with Gasteiger partial charge in [0.05, 0.1) is 17.4 Å². The predicted octanol–water partition coefficient (Wildman–Crippen LogP) is 1.41. The first-order valence-electron chi connectivity index (χ1n) is 7.61. The van der Waals surface area contributed by atoms with E-state index >= 15 is 0 Å². The first-order valence-corrected chi connectivity index (χ1v) is 7.61. The highest BCUT2D eigenvalue weighted by molar-refractivity contribution is 6.02. The molecule has 0 amide bonds. The van der Waals surface area contributed by atoms with Crippen molar-refractivity contribution in [2.24, 2.45) is 11.3 Å². The lowest BCUT2D eigenvalue weighted by Gasteiger charge is -2.50. The normalized spacial score (nSPS) is 38.0. The number of hydrogen-bond donors (Lipinski definition) is 2. The summed E-state index contributed by atoms with van der Waals surface area (Å²) in [6, 6.07) is 8.50. The third kappa shape index (κ3) is 1.92. The Bertz CT molecular complexity index is 602. The SMILES string of the molecule is CN1[C@@H]2CC[C@H]1C(C)(C(=O)c1ccccc1)[C@H](O)[C@@H]2C(=O)O. The molecule has 2 aliphatic rings. The number of aliphatic hydroxyl groups is 1. The number of rotatable bonds is 3. The lowest BCUT2D eigenvalue weighted by Crippen LogP contribution is -2.65. The van der Waals surface area contributed by atoms with Gasteiger partial charge in [-0.1, -0.05) is 30.3 Å². The Balaban J connectivity index is 2.07. The fourth-order valence-corrected chi connectivity index (χ4v) is 4.39. The molecule has 118 valence electrons. The minimum absolute atomic E-state index is 0.129. The van der Waals surface area contributed by atoms with E-state index in [2.05, 4.69) is 0 Å². The van der Waals surface area contributed by atoms with E-state index in [1.807, 2.05) is 18.0 Å². The second-order valence-corrected chi connectivity index (χ2v) is 6.61. The van der Waals surface area contributed by atoms with Gasteiger partial charge in [-0.3, -0.25) is 14.5 Å². The average molecular weight is 303 g/mol. The third-order valence-corrected chi connectivity index (χ3v) is 5.62. The van der Waals surface area contributed by atoms with Gasteiger partial charge in [0.2, 0.25) is 0 Å². The number of carbonyl (C=O) groups is 2. The zero-order valence-corrected chi connectivity index (χ0v) is 12.8. The fourth-order valence-electron chi connectivity index (χ4n) is 4.39. The smallest absolute Gasteiger partial charge is 0.310 e. The Morgan fingerprint density at radius 3 is 2.45 bits per heavy atom. The van der Waals surface area contributed by atoms with Crippen LogP contribution in [-0.2, 0) is 4.79 Å². The van der Waals surface area contributed by atoms with E-state index in [-0.39, 0.29) is 17.9 Å². The van der Waals surface area contributed by atoms with E-state index in [0.29, 0.717) is 12.0 Å². The number of Topliss-reactive ketones (excluding diaryl/α,β-unsaturated/α-hetero) is 1. The van der Waals surface area contributed by atoms with Gasteiger partial charge in [-0.2, -0.15) is 0 Å². The molecular weight excluding hydrogens is 282 g/mol. The second-order valence-electron chi connectivity index (χ2n) is 6.61. The van der Waals surface area contributed by atoms with Crippen molar-refractivity contribution in [3.8, 4) is 0 Å². The lowest BCUT2D eigenvalue weighted by atomic mass is 9.65. The molecule has 0 radical (unpaired) electrons. The van der Waals surface area contributed by atoms with Crippen LogP contribution in [-0.4, -0.2) is 52.1 Å². The van der Waals surface area contributed by atoms with Gasteiger partial charge >= 0.3 is 5.97 Å². The molecule has 5 atom stereocenters. The summed E-state index contributed by atoms with van der Waals surface area (Å²) >= 11 is 0. The van der Waals surface area contributed by atoms with E-state index in [4.69, 9.17) is 0 Å². The van der Waals surface area contributed by atoms with Crippen molar-refractivity contribution in [1.29, 1.82) is 0 Å². The van der Waals surface area contributed by atoms with E-state index < -0.39 is 23.4 Å². The van der Waals surface area contributed by atoms with Gasteiger partial charge in [-0.05, 0) is 26.8 Å². The Labute approximate surface area is 129 Å². The van der Waals surface area contributed by atoms with Crippen LogP contribution in [0.4, 0.5) is 0 Å². The van der Waals surface area contributed by atoms with Gasteiger partial charge in [0.1, 0.15) is 0 Å². The molecular formula is C17H21NO4. The molecule has 2 N–H and O–H groups in total. The number of piperidine rings is 1. The highest BCUT2D eigenvalue weighted by atomic mass is 16.4. The van der Waals surface area contributed by atoms with E-state index in [0.717, 1.165) is 6.42 Å². The maximum atomic E-state index is 13.1. The first kappa shape index (κ1) is 15.2. The second kappa shape index (κ2) is 5.18. The number of ketones is 1. The van der Waals surface area contributed by atoms with Crippen LogP contribution in [0.25, 0.3) is 0 Å². The molecule has 2 bridgehead atoms. The van der Waals surface area contributed by atoms with Crippen LogP contribution in [0.2, 0.25) is 0 Å². The molecule has 1 unspecified atom stereocenters. The van der Waals surface area contributed by atoms with Crippen molar-refractivity contribution in [3.05, 3.63) is 35.9 Å². The fraction of sp³-hybridized carbons (Fsp3) is 0.529. The number of hydrogen-bond acceptors (Lipinski definition) is 4. The van der Waals surface area contributed by atoms with Crippen LogP contribution in [0.3, 0.4) is 0 Å². The van der Waals surface area contributed by atoms with Crippen LogP contribution >= 0.6 is 0 Å². The Morgan fingerprint density at radius 1 is 1.23 bits per heavy atom. The molecule has 1 aromatic rings. The number of carboxylic acid groups (broad SMARTS) is 1. The van der Waals surface area contributed by atoms with Crippen molar-refractivity contribution in [1.82, 2.24) is 4.90 Å². The Morgan fingerprint density at radius 2 is 1.86 bits per heavy atom. The van der Waals surface area contributed by atoms with E-state index in [9.17, 15) is 19.8 Å². The van der Waals surface area contributed by atoms with Crippen LogP contribution in [0.15, 0.2) is 30.3 Å². The van der Waals surface area contributed by atoms with E-state index in [1.165, 1.54) is 0 Å². The Kier molecular flexibility index (Phi) is 3.57. The minimum atomic E-state index is -1.17. The van der Waals surface area contributed by atoms with Crippen molar-refractivity contribution >= 4 is 11.8 Å². The summed E-state index contributed by atoms with van der Waals surface area (Å²) in [7, 11) is 1.86. The maximum Gasteiger partial charge on any atom is 0.310 e. The molecule has 0 spiro atoms. The Hall–Kier alpha value is -1.72. The predicted molar refractivity (Wildman–Crippen MR) is 80.6 cm³/mol. The van der Waals surface area contributed by atoms with Gasteiger partial charge in [-0.25, -0.2) is 0 Å². The first-order chi connectivity index (χ1) is 10.4. The molecule has 0 aromatic heterocycles. The maximum absolute atomic E-state index is 13.1. The minimum Gasteiger partial charge on any atom is -0.481 e. The highest BCUT2D eigenvalue weighted by Gasteiger charge is 2.62. The monoisotopic (exact) mass is 303 g/mol. The number of nitrogens with zero attached hydrogens (tertiary/aromatic N) is 1. The molecule has 2 saturated heterocycles. The van der Waals surface area contributed by atoms with Gasteiger partial charge < -0.3 is 10.2 Å².